The highest BCUT2D eigenvalue weighted by atomic mass is 32.2. The highest BCUT2D eigenvalue weighted by Crippen LogP contribution is 2.64. The Bertz CT molecular complexity index is 769. The van der Waals surface area contributed by atoms with Gasteiger partial charge in [-0.15, -0.1) is 0 Å². The molecular formula is C22H39NO4S. The van der Waals surface area contributed by atoms with Crippen LogP contribution in [-0.4, -0.2) is 25.9 Å². The first kappa shape index (κ1) is 23.4. The minimum atomic E-state index is -3.93. The topological polar surface area (TPSA) is 80.3 Å². The van der Waals surface area contributed by atoms with Crippen molar-refractivity contribution in [2.24, 2.45) is 33.0 Å². The largest absolute Gasteiger partial charge is 0.299 e. The number of hydrogen-bond acceptors (Lipinski definition) is 4. The molecule has 28 heavy (non-hydrogen) atoms. The van der Waals surface area contributed by atoms with E-state index in [4.69, 9.17) is 0 Å². The summed E-state index contributed by atoms with van der Waals surface area (Å²) in [5, 5.41) is 0. The fraction of sp³-hybridized carbons (Fsp3) is 0.909. The number of carbonyl (C=O) groups is 2. The fourth-order valence-corrected chi connectivity index (χ4v) is 7.38. The van der Waals surface area contributed by atoms with Crippen LogP contribution in [0.1, 0.15) is 88.0 Å². The van der Waals surface area contributed by atoms with Crippen LogP contribution in [0.2, 0.25) is 0 Å². The van der Waals surface area contributed by atoms with Gasteiger partial charge in [0.2, 0.25) is 15.9 Å². The Kier molecular flexibility index (Phi) is 5.46. The molecule has 0 radical (unpaired) electrons. The van der Waals surface area contributed by atoms with Gasteiger partial charge in [-0.25, -0.2) is 8.42 Å². The molecule has 2 fully saturated rings. The summed E-state index contributed by atoms with van der Waals surface area (Å²) in [6.07, 6.45) is 2.49. The third-order valence-electron chi connectivity index (χ3n) is 7.86. The molecule has 0 saturated heterocycles. The van der Waals surface area contributed by atoms with Gasteiger partial charge in [-0.05, 0) is 41.4 Å². The summed E-state index contributed by atoms with van der Waals surface area (Å²) in [4.78, 5) is 26.0. The van der Waals surface area contributed by atoms with E-state index < -0.39 is 32.2 Å². The number of sulfonamides is 1. The molecule has 2 saturated carbocycles. The summed E-state index contributed by atoms with van der Waals surface area (Å²) in [5.74, 6) is -0.473. The summed E-state index contributed by atoms with van der Waals surface area (Å²) < 4.78 is 28.5. The van der Waals surface area contributed by atoms with E-state index in [1.807, 2.05) is 41.5 Å². The SMILES string of the molecule is CC(C)(C)CC(C)(C(=O)NS(=O)(=O)CC12CCC(CC1=O)C2(C)C)C(C)(C)C. The minimum absolute atomic E-state index is 0.0415. The first-order valence-corrected chi connectivity index (χ1v) is 12.0. The van der Waals surface area contributed by atoms with Crippen molar-refractivity contribution < 1.29 is 18.0 Å². The Morgan fingerprint density at radius 1 is 1.11 bits per heavy atom. The number of amides is 1. The Morgan fingerprint density at radius 2 is 1.64 bits per heavy atom. The second kappa shape index (κ2) is 6.55. The molecule has 2 aliphatic rings. The summed E-state index contributed by atoms with van der Waals surface area (Å²) in [5.41, 5.74) is -2.63. The standard InChI is InChI=1S/C22H39NO4S/c1-18(2,3)13-21(9,19(4,5)6)17(25)23-28(26,27)14-22-11-10-15(12-16(22)24)20(22,7)8/h15H,10-14H2,1-9H3,(H,23,25). The summed E-state index contributed by atoms with van der Waals surface area (Å²) in [6.45, 7) is 17.9. The lowest BCUT2D eigenvalue weighted by molar-refractivity contribution is -0.137. The molecule has 3 unspecified atom stereocenters. The predicted octanol–water partition coefficient (Wildman–Crippen LogP) is 4.32. The molecule has 162 valence electrons. The van der Waals surface area contributed by atoms with Crippen LogP contribution in [0.3, 0.4) is 0 Å². The Hall–Kier alpha value is -0.910. The van der Waals surface area contributed by atoms with E-state index in [1.165, 1.54) is 0 Å². The predicted molar refractivity (Wildman–Crippen MR) is 112 cm³/mol. The Labute approximate surface area is 171 Å². The molecule has 6 heteroatoms. The Morgan fingerprint density at radius 3 is 2.00 bits per heavy atom. The second-order valence-electron chi connectivity index (χ2n) is 12.2. The number of fused-ring (bicyclic) bond motifs is 2. The van der Waals surface area contributed by atoms with Crippen molar-refractivity contribution in [2.45, 2.75) is 88.0 Å². The molecule has 0 spiro atoms. The lowest BCUT2D eigenvalue weighted by Gasteiger charge is -2.44. The zero-order chi connectivity index (χ0) is 22.0. The highest BCUT2D eigenvalue weighted by molar-refractivity contribution is 7.90. The number of nitrogens with one attached hydrogen (secondary N) is 1. The molecule has 3 atom stereocenters. The molecule has 2 bridgehead atoms. The minimum Gasteiger partial charge on any atom is -0.299 e. The molecule has 0 aliphatic heterocycles. The summed E-state index contributed by atoms with van der Waals surface area (Å²) >= 11 is 0. The van der Waals surface area contributed by atoms with Gasteiger partial charge in [0.05, 0.1) is 16.6 Å². The van der Waals surface area contributed by atoms with Gasteiger partial charge in [0.15, 0.2) is 0 Å². The maximum absolute atomic E-state index is 13.2. The molecule has 1 N–H and O–H groups in total. The van der Waals surface area contributed by atoms with Gasteiger partial charge in [0, 0.05) is 6.42 Å². The van der Waals surface area contributed by atoms with Gasteiger partial charge in [0.25, 0.3) is 0 Å². The van der Waals surface area contributed by atoms with Gasteiger partial charge < -0.3 is 0 Å². The number of ketones is 1. The van der Waals surface area contributed by atoms with Crippen LogP contribution in [0.5, 0.6) is 0 Å². The molecule has 1 amide bonds. The average Bonchev–Trinajstić information content (AvgIpc) is 2.77. The van der Waals surface area contributed by atoms with E-state index in [2.05, 4.69) is 25.5 Å². The zero-order valence-corrected chi connectivity index (χ0v) is 20.0. The summed E-state index contributed by atoms with van der Waals surface area (Å²) in [7, 11) is -3.93. The lowest BCUT2D eigenvalue weighted by Crippen LogP contribution is -2.53. The van der Waals surface area contributed by atoms with Crippen LogP contribution in [0, 0.1) is 33.0 Å². The number of Topliss-reactive ketones (excluding diaryl/α,β-unsaturated/α-hetero) is 1. The van der Waals surface area contributed by atoms with Crippen molar-refractivity contribution in [3.63, 3.8) is 0 Å². The average molecular weight is 414 g/mol. The van der Waals surface area contributed by atoms with Crippen LogP contribution >= 0.6 is 0 Å². The van der Waals surface area contributed by atoms with Gasteiger partial charge in [-0.3, -0.25) is 14.3 Å². The van der Waals surface area contributed by atoms with Crippen molar-refractivity contribution in [1.29, 1.82) is 0 Å². The molecule has 0 heterocycles. The van der Waals surface area contributed by atoms with E-state index >= 15 is 0 Å². The second-order valence-corrected chi connectivity index (χ2v) is 13.9. The van der Waals surface area contributed by atoms with E-state index in [0.29, 0.717) is 19.3 Å². The first-order valence-electron chi connectivity index (χ1n) is 10.4. The van der Waals surface area contributed by atoms with Gasteiger partial charge >= 0.3 is 0 Å². The van der Waals surface area contributed by atoms with Crippen LogP contribution in [-0.2, 0) is 19.6 Å². The number of hydrogen-bond donors (Lipinski definition) is 1. The maximum atomic E-state index is 13.2. The van der Waals surface area contributed by atoms with E-state index in [-0.39, 0.29) is 28.3 Å². The summed E-state index contributed by atoms with van der Waals surface area (Å²) in [6, 6.07) is 0. The molecule has 0 aromatic carbocycles. The quantitative estimate of drug-likeness (QED) is 0.728. The number of carbonyl (C=O) groups excluding carboxylic acids is 2. The van der Waals surface area contributed by atoms with Crippen molar-refractivity contribution in [3.8, 4) is 0 Å². The zero-order valence-electron chi connectivity index (χ0n) is 19.2. The smallest absolute Gasteiger partial charge is 0.239 e. The van der Waals surface area contributed by atoms with Crippen LogP contribution in [0.25, 0.3) is 0 Å². The first-order chi connectivity index (χ1) is 12.3. The van der Waals surface area contributed by atoms with Crippen molar-refractivity contribution in [1.82, 2.24) is 4.72 Å². The monoisotopic (exact) mass is 413 g/mol. The normalized spacial score (nSPS) is 29.6. The van der Waals surface area contributed by atoms with E-state index in [1.54, 1.807) is 0 Å². The van der Waals surface area contributed by atoms with Crippen molar-refractivity contribution in [3.05, 3.63) is 0 Å². The Balaban J connectivity index is 2.30. The fourth-order valence-electron chi connectivity index (χ4n) is 5.47. The van der Waals surface area contributed by atoms with Crippen LogP contribution in [0.15, 0.2) is 0 Å². The van der Waals surface area contributed by atoms with Crippen molar-refractivity contribution in [2.75, 3.05) is 5.75 Å². The highest BCUT2D eigenvalue weighted by Gasteiger charge is 2.65. The molecular weight excluding hydrogens is 374 g/mol. The third-order valence-corrected chi connectivity index (χ3v) is 9.23. The van der Waals surface area contributed by atoms with Crippen molar-refractivity contribution >= 4 is 21.7 Å². The molecule has 2 rings (SSSR count). The van der Waals surface area contributed by atoms with Gasteiger partial charge in [-0.2, -0.15) is 0 Å². The molecule has 2 aliphatic carbocycles. The molecule has 0 aromatic heterocycles. The maximum Gasteiger partial charge on any atom is 0.239 e. The van der Waals surface area contributed by atoms with Crippen LogP contribution in [0.4, 0.5) is 0 Å². The van der Waals surface area contributed by atoms with E-state index in [9.17, 15) is 18.0 Å². The lowest BCUT2D eigenvalue weighted by atomic mass is 9.61. The third kappa shape index (κ3) is 3.78. The van der Waals surface area contributed by atoms with E-state index in [0.717, 1.165) is 6.42 Å². The molecule has 5 nitrogen and oxygen atoms in total. The van der Waals surface area contributed by atoms with Gasteiger partial charge in [0.1, 0.15) is 5.78 Å². The van der Waals surface area contributed by atoms with Gasteiger partial charge in [-0.1, -0.05) is 62.3 Å². The van der Waals surface area contributed by atoms with Crippen LogP contribution < -0.4 is 4.72 Å². The number of rotatable bonds is 5. The molecule has 0 aromatic rings.